The van der Waals surface area contributed by atoms with Gasteiger partial charge in [0.15, 0.2) is 0 Å². The van der Waals surface area contributed by atoms with Gasteiger partial charge in [-0.25, -0.2) is 4.98 Å². The number of nitrogens with two attached hydrogens (primary N) is 1. The average molecular weight is 313 g/mol. The number of carbonyl (C=O) groups is 1. The summed E-state index contributed by atoms with van der Waals surface area (Å²) in [6.45, 7) is 7.47. The summed E-state index contributed by atoms with van der Waals surface area (Å²) in [4.78, 5) is 17.6. The number of nitrogens with one attached hydrogen (secondary N) is 1. The fraction of sp³-hybridized carbons (Fsp3) is 0.571. The monoisotopic (exact) mass is 312 g/mol. The van der Waals surface area contributed by atoms with Crippen molar-refractivity contribution in [2.45, 2.75) is 25.9 Å². The van der Waals surface area contributed by atoms with E-state index in [1.807, 2.05) is 0 Å². The predicted molar refractivity (Wildman–Crippen MR) is 82.7 cm³/mol. The number of aromatic nitrogens is 1. The van der Waals surface area contributed by atoms with Crippen molar-refractivity contribution in [2.24, 2.45) is 5.73 Å². The zero-order valence-electron chi connectivity index (χ0n) is 12.3. The van der Waals surface area contributed by atoms with E-state index in [0.717, 1.165) is 19.8 Å². The van der Waals surface area contributed by atoms with Gasteiger partial charge >= 0.3 is 0 Å². The third-order valence-corrected chi connectivity index (χ3v) is 3.96. The lowest BCUT2D eigenvalue weighted by atomic mass is 10.2. The summed E-state index contributed by atoms with van der Waals surface area (Å²) in [6, 6.07) is 2.26. The third-order valence-electron chi connectivity index (χ3n) is 3.68. The molecule has 1 aromatic rings. The number of morpholine rings is 1. The maximum atomic E-state index is 11.1. The number of carbonyl (C=O) groups excluding carboxylic acids is 1. The second-order valence-electron chi connectivity index (χ2n) is 5.31. The Labute approximate surface area is 129 Å². The van der Waals surface area contributed by atoms with Crippen molar-refractivity contribution in [1.82, 2.24) is 9.88 Å². The third kappa shape index (κ3) is 4.06. The van der Waals surface area contributed by atoms with Crippen molar-refractivity contribution < 1.29 is 9.53 Å². The summed E-state index contributed by atoms with van der Waals surface area (Å²) >= 11 is 6.10. The summed E-state index contributed by atoms with van der Waals surface area (Å²) in [5, 5.41) is 3.62. The highest BCUT2D eigenvalue weighted by Gasteiger charge is 2.23. The second-order valence-corrected chi connectivity index (χ2v) is 5.72. The van der Waals surface area contributed by atoms with Gasteiger partial charge in [0.2, 0.25) is 5.91 Å². The number of hydrogen-bond acceptors (Lipinski definition) is 5. The van der Waals surface area contributed by atoms with Crippen LogP contribution < -0.4 is 11.1 Å². The molecule has 1 saturated heterocycles. The van der Waals surface area contributed by atoms with E-state index < -0.39 is 5.91 Å². The van der Waals surface area contributed by atoms with E-state index in [-0.39, 0.29) is 0 Å². The summed E-state index contributed by atoms with van der Waals surface area (Å²) in [7, 11) is 0. The van der Waals surface area contributed by atoms with Crippen LogP contribution in [-0.2, 0) is 4.74 Å². The molecule has 1 amide bonds. The summed E-state index contributed by atoms with van der Waals surface area (Å²) in [5.74, 6) is 0.0286. The van der Waals surface area contributed by atoms with Crippen molar-refractivity contribution in [3.8, 4) is 0 Å². The van der Waals surface area contributed by atoms with Crippen molar-refractivity contribution in [2.75, 3.05) is 31.6 Å². The fourth-order valence-electron chi connectivity index (χ4n) is 2.46. The van der Waals surface area contributed by atoms with Crippen LogP contribution >= 0.6 is 11.6 Å². The van der Waals surface area contributed by atoms with E-state index >= 15 is 0 Å². The number of amides is 1. The molecule has 2 heterocycles. The first-order chi connectivity index (χ1) is 9.99. The average Bonchev–Trinajstić information content (AvgIpc) is 2.46. The van der Waals surface area contributed by atoms with E-state index in [1.54, 1.807) is 0 Å². The molecule has 0 aromatic carbocycles. The van der Waals surface area contributed by atoms with Gasteiger partial charge in [-0.15, -0.1) is 0 Å². The fourth-order valence-corrected chi connectivity index (χ4v) is 2.69. The highest BCUT2D eigenvalue weighted by Crippen LogP contribution is 2.20. The van der Waals surface area contributed by atoms with Crippen LogP contribution in [0.15, 0.2) is 12.3 Å². The van der Waals surface area contributed by atoms with E-state index in [9.17, 15) is 4.79 Å². The van der Waals surface area contributed by atoms with Gasteiger partial charge < -0.3 is 15.8 Å². The molecule has 1 aromatic heterocycles. The molecule has 0 saturated carbocycles. The molecule has 0 aliphatic carbocycles. The number of ether oxygens (including phenoxy) is 1. The molecule has 0 spiro atoms. The molecule has 2 atom stereocenters. The number of hydrogen-bond donors (Lipinski definition) is 2. The minimum Gasteiger partial charge on any atom is -0.379 e. The van der Waals surface area contributed by atoms with Crippen LogP contribution in [0.2, 0.25) is 5.02 Å². The Kier molecular flexibility index (Phi) is 5.39. The number of rotatable bonds is 5. The predicted octanol–water partition coefficient (Wildman–Crippen LogP) is 1.35. The van der Waals surface area contributed by atoms with Crippen LogP contribution in [-0.4, -0.2) is 54.2 Å². The zero-order valence-corrected chi connectivity index (χ0v) is 13.1. The van der Waals surface area contributed by atoms with Gasteiger partial charge in [-0.05, 0) is 19.9 Å². The van der Waals surface area contributed by atoms with Gasteiger partial charge in [0.25, 0.3) is 0 Å². The molecule has 3 N–H and O–H groups in total. The molecule has 1 aliphatic rings. The minimum atomic E-state index is -0.536. The molecule has 1 aliphatic heterocycles. The van der Waals surface area contributed by atoms with Crippen LogP contribution in [0.1, 0.15) is 24.2 Å². The van der Waals surface area contributed by atoms with Crippen molar-refractivity contribution in [1.29, 1.82) is 0 Å². The van der Waals surface area contributed by atoms with E-state index in [4.69, 9.17) is 22.1 Å². The quantitative estimate of drug-likeness (QED) is 0.858. The molecular weight excluding hydrogens is 292 g/mol. The van der Waals surface area contributed by atoms with E-state index in [0.29, 0.717) is 35.0 Å². The first-order valence-corrected chi connectivity index (χ1v) is 7.39. The number of pyridine rings is 1. The Hall–Kier alpha value is -1.37. The molecule has 116 valence electrons. The number of primary amides is 1. The van der Waals surface area contributed by atoms with Crippen LogP contribution in [0, 0.1) is 0 Å². The van der Waals surface area contributed by atoms with Crippen LogP contribution in [0.4, 0.5) is 5.82 Å². The molecule has 7 heteroatoms. The Balaban J connectivity index is 1.94. The van der Waals surface area contributed by atoms with Gasteiger partial charge in [-0.2, -0.15) is 0 Å². The number of anilines is 1. The molecular formula is C14H21ClN4O2. The maximum absolute atomic E-state index is 11.1. The largest absolute Gasteiger partial charge is 0.379 e. The molecule has 0 bridgehead atoms. The zero-order chi connectivity index (χ0) is 15.4. The first kappa shape index (κ1) is 16.0. The SMILES string of the molecule is C[C@H](CNc1ncc(C(N)=O)cc1Cl)N1CCOC[C@H]1C. The van der Waals surface area contributed by atoms with Gasteiger partial charge in [0, 0.05) is 31.4 Å². The van der Waals surface area contributed by atoms with Crippen molar-refractivity contribution >= 4 is 23.3 Å². The summed E-state index contributed by atoms with van der Waals surface area (Å²) in [6.07, 6.45) is 1.43. The molecule has 6 nitrogen and oxygen atoms in total. The molecule has 0 radical (unpaired) electrons. The Morgan fingerprint density at radius 3 is 3.10 bits per heavy atom. The Bertz CT molecular complexity index is 512. The van der Waals surface area contributed by atoms with Gasteiger partial charge in [-0.3, -0.25) is 9.69 Å². The maximum Gasteiger partial charge on any atom is 0.250 e. The van der Waals surface area contributed by atoms with Crippen molar-refractivity contribution in [3.63, 3.8) is 0 Å². The standard InChI is InChI=1S/C14H21ClN4O2/c1-9(19-3-4-21-8-10(19)2)6-17-14-12(15)5-11(7-18-14)13(16)20/h5,7,9-10H,3-4,6,8H2,1-2H3,(H2,16,20)(H,17,18)/t9-,10-/m1/s1. The number of nitrogens with zero attached hydrogens (tertiary/aromatic N) is 2. The topological polar surface area (TPSA) is 80.5 Å². The summed E-state index contributed by atoms with van der Waals surface area (Å²) < 4.78 is 5.44. The van der Waals surface area contributed by atoms with Gasteiger partial charge in [0.05, 0.1) is 23.8 Å². The van der Waals surface area contributed by atoms with Crippen molar-refractivity contribution in [3.05, 3.63) is 22.8 Å². The lowest BCUT2D eigenvalue weighted by Gasteiger charge is -2.38. The Morgan fingerprint density at radius 1 is 1.71 bits per heavy atom. The normalized spacial score (nSPS) is 21.0. The molecule has 0 unspecified atom stereocenters. The first-order valence-electron chi connectivity index (χ1n) is 7.01. The lowest BCUT2D eigenvalue weighted by molar-refractivity contribution is -0.0159. The Morgan fingerprint density at radius 2 is 2.48 bits per heavy atom. The highest BCUT2D eigenvalue weighted by molar-refractivity contribution is 6.33. The van der Waals surface area contributed by atoms with E-state index in [1.165, 1.54) is 12.3 Å². The highest BCUT2D eigenvalue weighted by atomic mass is 35.5. The lowest BCUT2D eigenvalue weighted by Crippen LogP contribution is -2.50. The van der Waals surface area contributed by atoms with E-state index in [2.05, 4.69) is 29.0 Å². The van der Waals surface area contributed by atoms with Crippen LogP contribution in [0.3, 0.4) is 0 Å². The summed E-state index contributed by atoms with van der Waals surface area (Å²) in [5.41, 5.74) is 5.50. The molecule has 1 fully saturated rings. The van der Waals surface area contributed by atoms with Crippen LogP contribution in [0.5, 0.6) is 0 Å². The minimum absolute atomic E-state index is 0.306. The van der Waals surface area contributed by atoms with Crippen LogP contribution in [0.25, 0.3) is 0 Å². The molecule has 21 heavy (non-hydrogen) atoms. The smallest absolute Gasteiger partial charge is 0.250 e. The van der Waals surface area contributed by atoms with Gasteiger partial charge in [-0.1, -0.05) is 11.6 Å². The van der Waals surface area contributed by atoms with Gasteiger partial charge in [0.1, 0.15) is 5.82 Å². The second kappa shape index (κ2) is 7.06. The molecule has 2 rings (SSSR count). The number of halogens is 1.